The summed E-state index contributed by atoms with van der Waals surface area (Å²) >= 11 is 0. The zero-order valence-electron chi connectivity index (χ0n) is 14.6. The summed E-state index contributed by atoms with van der Waals surface area (Å²) in [5.41, 5.74) is 2.49. The zero-order chi connectivity index (χ0) is 17.3. The Morgan fingerprint density at radius 3 is 2.58 bits per heavy atom. The molecule has 0 bridgehead atoms. The van der Waals surface area contributed by atoms with Gasteiger partial charge in [0.15, 0.2) is 0 Å². The van der Waals surface area contributed by atoms with Crippen LogP contribution in [-0.4, -0.2) is 18.6 Å². The SMILES string of the molecule is COc1ccc(C(=O)N[C@@H]2CC(C)(C)Oc3ccc(C)cc32)cc1. The van der Waals surface area contributed by atoms with E-state index in [0.29, 0.717) is 5.56 Å². The summed E-state index contributed by atoms with van der Waals surface area (Å²) in [5, 5.41) is 3.15. The summed E-state index contributed by atoms with van der Waals surface area (Å²) < 4.78 is 11.2. The van der Waals surface area contributed by atoms with Gasteiger partial charge >= 0.3 is 0 Å². The molecule has 0 radical (unpaired) electrons. The Kier molecular flexibility index (Phi) is 4.22. The number of hydrogen-bond acceptors (Lipinski definition) is 3. The molecule has 0 spiro atoms. The second-order valence-electron chi connectivity index (χ2n) is 6.86. The third kappa shape index (κ3) is 3.37. The number of rotatable bonds is 3. The minimum Gasteiger partial charge on any atom is -0.497 e. The molecule has 0 fully saturated rings. The normalized spacial score (nSPS) is 18.2. The van der Waals surface area contributed by atoms with Crippen LogP contribution in [0.3, 0.4) is 0 Å². The molecule has 24 heavy (non-hydrogen) atoms. The van der Waals surface area contributed by atoms with Gasteiger partial charge in [0, 0.05) is 17.5 Å². The molecule has 126 valence electrons. The topological polar surface area (TPSA) is 47.6 Å². The summed E-state index contributed by atoms with van der Waals surface area (Å²) in [6.45, 7) is 6.13. The number of benzene rings is 2. The number of carbonyl (C=O) groups excluding carboxylic acids is 1. The highest BCUT2D eigenvalue weighted by Crippen LogP contribution is 2.40. The molecule has 3 rings (SSSR count). The Labute approximate surface area is 142 Å². The van der Waals surface area contributed by atoms with Crippen molar-refractivity contribution in [2.45, 2.75) is 38.8 Å². The molecule has 0 saturated heterocycles. The standard InChI is InChI=1S/C20H23NO3/c1-13-5-10-18-16(11-13)17(12-20(2,3)24-18)21-19(22)14-6-8-15(23-4)9-7-14/h5-11,17H,12H2,1-4H3,(H,21,22)/t17-/m1/s1. The first-order valence-electron chi connectivity index (χ1n) is 8.12. The van der Waals surface area contributed by atoms with Crippen LogP contribution < -0.4 is 14.8 Å². The fraction of sp³-hybridized carbons (Fsp3) is 0.350. The van der Waals surface area contributed by atoms with E-state index in [4.69, 9.17) is 9.47 Å². The van der Waals surface area contributed by atoms with Gasteiger partial charge in [-0.25, -0.2) is 0 Å². The third-order valence-electron chi connectivity index (χ3n) is 4.28. The molecule has 2 aromatic carbocycles. The van der Waals surface area contributed by atoms with Crippen molar-refractivity contribution in [1.82, 2.24) is 5.32 Å². The predicted molar refractivity (Wildman–Crippen MR) is 93.7 cm³/mol. The molecule has 0 aromatic heterocycles. The van der Waals surface area contributed by atoms with Gasteiger partial charge in [0.05, 0.1) is 13.2 Å². The number of aryl methyl sites for hydroxylation is 1. The first-order chi connectivity index (χ1) is 11.4. The van der Waals surface area contributed by atoms with Crippen LogP contribution >= 0.6 is 0 Å². The van der Waals surface area contributed by atoms with Crippen LogP contribution in [0.5, 0.6) is 11.5 Å². The highest BCUT2D eigenvalue weighted by atomic mass is 16.5. The lowest BCUT2D eigenvalue weighted by Crippen LogP contribution is -2.41. The van der Waals surface area contributed by atoms with Gasteiger partial charge in [-0.05, 0) is 51.1 Å². The molecule has 1 N–H and O–H groups in total. The molecule has 1 aliphatic rings. The van der Waals surface area contributed by atoms with Gasteiger partial charge in [0.25, 0.3) is 5.91 Å². The smallest absolute Gasteiger partial charge is 0.251 e. The number of fused-ring (bicyclic) bond motifs is 1. The molecule has 0 unspecified atom stereocenters. The molecule has 4 heteroatoms. The molecule has 1 aliphatic heterocycles. The molecule has 1 amide bonds. The van der Waals surface area contributed by atoms with E-state index in [1.54, 1.807) is 31.4 Å². The summed E-state index contributed by atoms with van der Waals surface area (Å²) in [4.78, 5) is 12.6. The van der Waals surface area contributed by atoms with Gasteiger partial charge in [-0.1, -0.05) is 17.7 Å². The monoisotopic (exact) mass is 325 g/mol. The summed E-state index contributed by atoms with van der Waals surface area (Å²) in [5.74, 6) is 1.49. The van der Waals surface area contributed by atoms with Gasteiger partial charge in [0.2, 0.25) is 0 Å². The lowest BCUT2D eigenvalue weighted by molar-refractivity contribution is 0.0619. The van der Waals surface area contributed by atoms with Crippen molar-refractivity contribution >= 4 is 5.91 Å². The molecule has 4 nitrogen and oxygen atoms in total. The highest BCUT2D eigenvalue weighted by Gasteiger charge is 2.34. The van der Waals surface area contributed by atoms with Crippen molar-refractivity contribution in [3.63, 3.8) is 0 Å². The van der Waals surface area contributed by atoms with E-state index in [2.05, 4.69) is 11.4 Å². The second kappa shape index (κ2) is 6.19. The van der Waals surface area contributed by atoms with Gasteiger partial charge in [-0.2, -0.15) is 0 Å². The number of hydrogen-bond donors (Lipinski definition) is 1. The summed E-state index contributed by atoms with van der Waals surface area (Å²) in [6, 6.07) is 13.2. The van der Waals surface area contributed by atoms with Crippen LogP contribution in [0.4, 0.5) is 0 Å². The van der Waals surface area contributed by atoms with E-state index >= 15 is 0 Å². The lowest BCUT2D eigenvalue weighted by atomic mass is 9.88. The molecule has 0 saturated carbocycles. The largest absolute Gasteiger partial charge is 0.497 e. The summed E-state index contributed by atoms with van der Waals surface area (Å²) in [7, 11) is 1.61. The second-order valence-corrected chi connectivity index (χ2v) is 6.86. The lowest BCUT2D eigenvalue weighted by Gasteiger charge is -2.38. The maximum atomic E-state index is 12.6. The molecule has 1 heterocycles. The number of amides is 1. The quantitative estimate of drug-likeness (QED) is 0.926. The van der Waals surface area contributed by atoms with E-state index in [0.717, 1.165) is 29.0 Å². The van der Waals surface area contributed by atoms with Crippen molar-refractivity contribution in [2.24, 2.45) is 0 Å². The summed E-state index contributed by atoms with van der Waals surface area (Å²) in [6.07, 6.45) is 0.728. The predicted octanol–water partition coefficient (Wildman–Crippen LogP) is 4.04. The van der Waals surface area contributed by atoms with E-state index in [-0.39, 0.29) is 17.6 Å². The van der Waals surface area contributed by atoms with E-state index < -0.39 is 0 Å². The van der Waals surface area contributed by atoms with Gasteiger partial charge in [-0.3, -0.25) is 4.79 Å². The average Bonchev–Trinajstić information content (AvgIpc) is 2.55. The van der Waals surface area contributed by atoms with E-state index in [1.807, 2.05) is 32.9 Å². The fourth-order valence-electron chi connectivity index (χ4n) is 3.09. The van der Waals surface area contributed by atoms with E-state index in [1.165, 1.54) is 0 Å². The zero-order valence-corrected chi connectivity index (χ0v) is 14.6. The molecular formula is C20H23NO3. The van der Waals surface area contributed by atoms with Crippen LogP contribution in [0.2, 0.25) is 0 Å². The van der Waals surface area contributed by atoms with Crippen LogP contribution in [0, 0.1) is 6.92 Å². The van der Waals surface area contributed by atoms with Gasteiger partial charge < -0.3 is 14.8 Å². The molecule has 0 aliphatic carbocycles. The van der Waals surface area contributed by atoms with Crippen LogP contribution in [0.25, 0.3) is 0 Å². The Balaban J connectivity index is 1.85. The number of ether oxygens (including phenoxy) is 2. The van der Waals surface area contributed by atoms with Crippen molar-refractivity contribution in [2.75, 3.05) is 7.11 Å². The van der Waals surface area contributed by atoms with Crippen molar-refractivity contribution in [1.29, 1.82) is 0 Å². The Hall–Kier alpha value is -2.49. The fourth-order valence-corrected chi connectivity index (χ4v) is 3.09. The highest BCUT2D eigenvalue weighted by molar-refractivity contribution is 5.94. The minimum absolute atomic E-state index is 0.0711. The number of nitrogens with one attached hydrogen (secondary N) is 1. The van der Waals surface area contributed by atoms with Gasteiger partial charge in [-0.15, -0.1) is 0 Å². The first-order valence-corrected chi connectivity index (χ1v) is 8.12. The van der Waals surface area contributed by atoms with Gasteiger partial charge in [0.1, 0.15) is 17.1 Å². The molecule has 1 atom stereocenters. The third-order valence-corrected chi connectivity index (χ3v) is 4.28. The van der Waals surface area contributed by atoms with Crippen LogP contribution in [-0.2, 0) is 0 Å². The Morgan fingerprint density at radius 1 is 1.21 bits per heavy atom. The number of carbonyl (C=O) groups is 1. The first kappa shape index (κ1) is 16.4. The number of methoxy groups -OCH3 is 1. The molecule has 2 aromatic rings. The van der Waals surface area contributed by atoms with Crippen LogP contribution in [0.1, 0.15) is 47.8 Å². The Morgan fingerprint density at radius 2 is 1.92 bits per heavy atom. The van der Waals surface area contributed by atoms with E-state index in [9.17, 15) is 4.79 Å². The minimum atomic E-state index is -0.319. The average molecular weight is 325 g/mol. The molecular weight excluding hydrogens is 302 g/mol. The van der Waals surface area contributed by atoms with Crippen molar-refractivity contribution < 1.29 is 14.3 Å². The van der Waals surface area contributed by atoms with Crippen LogP contribution in [0.15, 0.2) is 42.5 Å². The van der Waals surface area contributed by atoms with Crippen molar-refractivity contribution in [3.8, 4) is 11.5 Å². The maximum Gasteiger partial charge on any atom is 0.251 e. The van der Waals surface area contributed by atoms with Crippen molar-refractivity contribution in [3.05, 3.63) is 59.2 Å². The maximum absolute atomic E-state index is 12.6. The Bertz CT molecular complexity index is 750.